The van der Waals surface area contributed by atoms with Crippen molar-refractivity contribution in [1.29, 1.82) is 0 Å². The van der Waals surface area contributed by atoms with Crippen LogP contribution in [-0.2, 0) is 18.9 Å². The Bertz CT molecular complexity index is 765. The van der Waals surface area contributed by atoms with Gasteiger partial charge in [-0.15, -0.1) is 0 Å². The maximum Gasteiger partial charge on any atom is 0.202 e. The molecule has 34 heavy (non-hydrogen) atoms. The molecule has 0 saturated carbocycles. The zero-order valence-corrected chi connectivity index (χ0v) is 21.8. The third kappa shape index (κ3) is 11.2. The molecular formula is C29H46O5. The van der Waals surface area contributed by atoms with Crippen LogP contribution in [0.25, 0.3) is 10.8 Å². The highest BCUT2D eigenvalue weighted by Crippen LogP contribution is 2.23. The van der Waals surface area contributed by atoms with Crippen LogP contribution in [0.15, 0.2) is 42.5 Å². The molecule has 3 atom stereocenters. The number of hydrogen-bond donors (Lipinski definition) is 0. The van der Waals surface area contributed by atoms with Gasteiger partial charge in [0.25, 0.3) is 0 Å². The summed E-state index contributed by atoms with van der Waals surface area (Å²) in [4.78, 5) is 0. The van der Waals surface area contributed by atoms with Gasteiger partial charge in [0.05, 0.1) is 19.3 Å². The monoisotopic (exact) mass is 474 g/mol. The summed E-state index contributed by atoms with van der Waals surface area (Å²) >= 11 is 0. The molecule has 0 radical (unpaired) electrons. The minimum atomic E-state index is -0.445. The Morgan fingerprint density at radius 1 is 0.735 bits per heavy atom. The fourth-order valence-corrected chi connectivity index (χ4v) is 3.52. The van der Waals surface area contributed by atoms with Crippen LogP contribution < -0.4 is 4.74 Å². The Morgan fingerprint density at radius 3 is 2.15 bits per heavy atom. The van der Waals surface area contributed by atoms with Crippen LogP contribution in [0.5, 0.6) is 5.75 Å². The second kappa shape index (κ2) is 17.7. The van der Waals surface area contributed by atoms with Crippen LogP contribution in [-0.4, -0.2) is 51.5 Å². The second-order valence-electron chi connectivity index (χ2n) is 8.84. The van der Waals surface area contributed by atoms with E-state index < -0.39 is 6.29 Å². The van der Waals surface area contributed by atoms with E-state index in [0.717, 1.165) is 69.5 Å². The Hall–Kier alpha value is -1.66. The quantitative estimate of drug-likeness (QED) is 0.150. The fourth-order valence-electron chi connectivity index (χ4n) is 3.52. The van der Waals surface area contributed by atoms with Gasteiger partial charge >= 0.3 is 0 Å². The molecule has 0 aliphatic heterocycles. The predicted octanol–water partition coefficient (Wildman–Crippen LogP) is 7.16. The number of rotatable bonds is 20. The average molecular weight is 475 g/mol. The first-order chi connectivity index (χ1) is 16.7. The van der Waals surface area contributed by atoms with E-state index >= 15 is 0 Å². The topological polar surface area (TPSA) is 46.2 Å². The van der Waals surface area contributed by atoms with Crippen molar-refractivity contribution in [1.82, 2.24) is 0 Å². The Morgan fingerprint density at radius 2 is 1.41 bits per heavy atom. The molecule has 0 aromatic heterocycles. The summed E-state index contributed by atoms with van der Waals surface area (Å²) in [7, 11) is 0. The number of benzene rings is 2. The lowest BCUT2D eigenvalue weighted by Gasteiger charge is -2.29. The van der Waals surface area contributed by atoms with Gasteiger partial charge in [-0.25, -0.2) is 0 Å². The first-order valence-corrected chi connectivity index (χ1v) is 13.3. The maximum atomic E-state index is 6.49. The van der Waals surface area contributed by atoms with E-state index in [-0.39, 0.29) is 12.2 Å². The molecule has 2 aromatic carbocycles. The van der Waals surface area contributed by atoms with E-state index in [0.29, 0.717) is 19.6 Å². The van der Waals surface area contributed by atoms with Gasteiger partial charge in [-0.3, -0.25) is 0 Å². The molecule has 0 saturated heterocycles. The summed E-state index contributed by atoms with van der Waals surface area (Å²) in [6, 6.07) is 14.4. The van der Waals surface area contributed by atoms with Crippen molar-refractivity contribution >= 4 is 10.8 Å². The molecule has 0 fully saturated rings. The summed E-state index contributed by atoms with van der Waals surface area (Å²) in [6.07, 6.45) is 6.38. The van der Waals surface area contributed by atoms with Gasteiger partial charge in [0.2, 0.25) is 6.29 Å². The Kier molecular flexibility index (Phi) is 14.9. The number of ether oxygens (including phenoxy) is 5. The lowest BCUT2D eigenvalue weighted by molar-refractivity contribution is -0.182. The number of fused-ring (bicyclic) bond motifs is 1. The molecular weight excluding hydrogens is 428 g/mol. The van der Waals surface area contributed by atoms with Crippen molar-refractivity contribution in [2.24, 2.45) is 0 Å². The third-order valence-electron chi connectivity index (χ3n) is 5.78. The largest absolute Gasteiger partial charge is 0.465 e. The van der Waals surface area contributed by atoms with Crippen LogP contribution in [0.4, 0.5) is 0 Å². The lowest BCUT2D eigenvalue weighted by atomic mass is 10.1. The molecule has 0 heterocycles. The van der Waals surface area contributed by atoms with Crippen LogP contribution in [0, 0.1) is 0 Å². The van der Waals surface area contributed by atoms with Crippen LogP contribution in [0.2, 0.25) is 0 Å². The molecule has 1 unspecified atom stereocenters. The van der Waals surface area contributed by atoms with Crippen molar-refractivity contribution < 1.29 is 23.7 Å². The van der Waals surface area contributed by atoms with E-state index in [1.54, 1.807) is 0 Å². The van der Waals surface area contributed by atoms with Crippen molar-refractivity contribution in [3.05, 3.63) is 42.5 Å². The third-order valence-corrected chi connectivity index (χ3v) is 5.78. The van der Waals surface area contributed by atoms with Crippen molar-refractivity contribution in [3.8, 4) is 5.75 Å². The Labute approximate surface area is 207 Å². The maximum absolute atomic E-state index is 6.49. The zero-order valence-electron chi connectivity index (χ0n) is 21.8. The van der Waals surface area contributed by atoms with Crippen molar-refractivity contribution in [2.45, 2.75) is 91.1 Å². The summed E-state index contributed by atoms with van der Waals surface area (Å²) in [6.45, 7) is 11.9. The first kappa shape index (κ1) is 28.6. The van der Waals surface area contributed by atoms with Gasteiger partial charge in [0, 0.05) is 26.2 Å². The molecule has 0 N–H and O–H groups in total. The smallest absolute Gasteiger partial charge is 0.202 e. The molecule has 0 amide bonds. The number of unbranched alkanes of at least 4 members (excludes halogenated alkanes) is 3. The van der Waals surface area contributed by atoms with Gasteiger partial charge in [0.1, 0.15) is 11.9 Å². The molecule has 0 aliphatic carbocycles. The molecule has 192 valence electrons. The fraction of sp³-hybridized carbons (Fsp3) is 0.655. The Balaban J connectivity index is 2.07. The normalized spacial score (nSPS) is 14.2. The highest BCUT2D eigenvalue weighted by atomic mass is 16.7. The van der Waals surface area contributed by atoms with E-state index in [4.69, 9.17) is 23.7 Å². The molecule has 0 spiro atoms. The van der Waals surface area contributed by atoms with E-state index in [1.807, 2.05) is 18.2 Å². The minimum absolute atomic E-state index is 0.0862. The van der Waals surface area contributed by atoms with Crippen molar-refractivity contribution in [3.63, 3.8) is 0 Å². The van der Waals surface area contributed by atoms with E-state index in [9.17, 15) is 0 Å². The first-order valence-electron chi connectivity index (χ1n) is 13.3. The van der Waals surface area contributed by atoms with Gasteiger partial charge in [-0.1, -0.05) is 70.4 Å². The van der Waals surface area contributed by atoms with E-state index in [1.165, 1.54) is 5.39 Å². The second-order valence-corrected chi connectivity index (χ2v) is 8.84. The van der Waals surface area contributed by atoms with Gasteiger partial charge in [-0.05, 0) is 49.1 Å². The van der Waals surface area contributed by atoms with Gasteiger partial charge < -0.3 is 23.7 Å². The SMILES string of the molecule is CCCCOCC[C@H](Oc1ccc2ccccc2c1)OC(COCCCC)[C@H](C)OCCCC. The number of hydrogen-bond acceptors (Lipinski definition) is 5. The van der Waals surface area contributed by atoms with Gasteiger partial charge in [0.15, 0.2) is 0 Å². The summed E-state index contributed by atoms with van der Waals surface area (Å²) < 4.78 is 30.7. The van der Waals surface area contributed by atoms with Crippen molar-refractivity contribution in [2.75, 3.05) is 33.0 Å². The summed E-state index contributed by atoms with van der Waals surface area (Å²) in [5, 5.41) is 2.34. The van der Waals surface area contributed by atoms with Crippen LogP contribution in [0.1, 0.15) is 72.6 Å². The molecule has 0 aliphatic rings. The predicted molar refractivity (Wildman–Crippen MR) is 140 cm³/mol. The van der Waals surface area contributed by atoms with Gasteiger partial charge in [-0.2, -0.15) is 0 Å². The molecule has 2 rings (SSSR count). The molecule has 5 heteroatoms. The molecule has 2 aromatic rings. The molecule has 5 nitrogen and oxygen atoms in total. The standard InChI is InChI=1S/C29H46O5/c1-5-8-18-30-21-17-29(33-27-16-15-25-13-11-12-14-26(25)22-27)34-28(23-31-19-9-6-2)24(4)32-20-10-7-3/h11-16,22,24,28-29H,5-10,17-21,23H2,1-4H3/t24-,28?,29+/m0/s1. The lowest BCUT2D eigenvalue weighted by Crippen LogP contribution is -2.39. The minimum Gasteiger partial charge on any atom is -0.465 e. The zero-order chi connectivity index (χ0) is 24.4. The molecule has 0 bridgehead atoms. The summed E-state index contributed by atoms with van der Waals surface area (Å²) in [5.41, 5.74) is 0. The average Bonchev–Trinajstić information content (AvgIpc) is 2.85. The highest BCUT2D eigenvalue weighted by molar-refractivity contribution is 5.83. The van der Waals surface area contributed by atoms with E-state index in [2.05, 4.69) is 52.0 Å². The summed E-state index contributed by atoms with van der Waals surface area (Å²) in [5.74, 6) is 0.794. The van der Waals surface area contributed by atoms with Crippen LogP contribution >= 0.6 is 0 Å². The van der Waals surface area contributed by atoms with Crippen LogP contribution in [0.3, 0.4) is 0 Å². The highest BCUT2D eigenvalue weighted by Gasteiger charge is 2.25.